The maximum atomic E-state index is 11.7. The van der Waals surface area contributed by atoms with E-state index in [4.69, 9.17) is 4.74 Å². The van der Waals surface area contributed by atoms with E-state index in [-0.39, 0.29) is 24.5 Å². The number of carbonyl (C=O) groups is 1. The van der Waals surface area contributed by atoms with Gasteiger partial charge in [-0.2, -0.15) is 0 Å². The zero-order chi connectivity index (χ0) is 15.0. The number of hydrogen-bond donors (Lipinski definition) is 2. The molecule has 4 heteroatoms. The highest BCUT2D eigenvalue weighted by Crippen LogP contribution is 2.17. The minimum Gasteiger partial charge on any atom is -0.483 e. The Morgan fingerprint density at radius 1 is 1.35 bits per heavy atom. The largest absolute Gasteiger partial charge is 0.483 e. The molecule has 1 aromatic carbocycles. The highest BCUT2D eigenvalue weighted by atomic mass is 16.5. The second-order valence-corrected chi connectivity index (χ2v) is 5.24. The molecule has 0 radical (unpaired) electrons. The SMILES string of the molecule is CCc1ccccc1OCC(=O)NCC(C)CC(C)O. The molecule has 0 fully saturated rings. The first-order valence-corrected chi connectivity index (χ1v) is 7.18. The molecule has 0 heterocycles. The van der Waals surface area contributed by atoms with Crippen LogP contribution in [0.2, 0.25) is 0 Å². The summed E-state index contributed by atoms with van der Waals surface area (Å²) in [6.45, 7) is 6.39. The van der Waals surface area contributed by atoms with E-state index >= 15 is 0 Å². The molecule has 0 saturated heterocycles. The summed E-state index contributed by atoms with van der Waals surface area (Å²) in [5.41, 5.74) is 1.10. The maximum Gasteiger partial charge on any atom is 0.257 e. The van der Waals surface area contributed by atoms with Crippen LogP contribution in [0.4, 0.5) is 0 Å². The van der Waals surface area contributed by atoms with Crippen molar-refractivity contribution in [3.63, 3.8) is 0 Å². The summed E-state index contributed by atoms with van der Waals surface area (Å²) >= 11 is 0. The van der Waals surface area contributed by atoms with Gasteiger partial charge in [0.25, 0.3) is 5.91 Å². The van der Waals surface area contributed by atoms with E-state index < -0.39 is 0 Å². The molecule has 0 aliphatic rings. The van der Waals surface area contributed by atoms with E-state index in [1.54, 1.807) is 6.92 Å². The van der Waals surface area contributed by atoms with Gasteiger partial charge in [0.2, 0.25) is 0 Å². The Morgan fingerprint density at radius 3 is 2.70 bits per heavy atom. The summed E-state index contributed by atoms with van der Waals surface area (Å²) in [6, 6.07) is 7.74. The highest BCUT2D eigenvalue weighted by Gasteiger charge is 2.09. The summed E-state index contributed by atoms with van der Waals surface area (Å²) in [5.74, 6) is 0.886. The lowest BCUT2D eigenvalue weighted by Crippen LogP contribution is -2.33. The van der Waals surface area contributed by atoms with Crippen molar-refractivity contribution in [1.82, 2.24) is 5.32 Å². The van der Waals surface area contributed by atoms with Crippen LogP contribution in [0.5, 0.6) is 5.75 Å². The lowest BCUT2D eigenvalue weighted by atomic mass is 10.1. The molecule has 2 N–H and O–H groups in total. The van der Waals surface area contributed by atoms with Gasteiger partial charge in [0.1, 0.15) is 5.75 Å². The molecule has 20 heavy (non-hydrogen) atoms. The third-order valence-electron chi connectivity index (χ3n) is 3.10. The second kappa shape index (κ2) is 8.59. The molecule has 0 aliphatic heterocycles. The molecule has 2 atom stereocenters. The first kappa shape index (κ1) is 16.5. The normalized spacial score (nSPS) is 13.6. The summed E-state index contributed by atoms with van der Waals surface area (Å²) in [6.07, 6.45) is 1.22. The van der Waals surface area contributed by atoms with Crippen molar-refractivity contribution in [3.05, 3.63) is 29.8 Å². The van der Waals surface area contributed by atoms with E-state index in [0.29, 0.717) is 13.0 Å². The van der Waals surface area contributed by atoms with Crippen molar-refractivity contribution in [2.24, 2.45) is 5.92 Å². The summed E-state index contributed by atoms with van der Waals surface area (Å²) in [7, 11) is 0. The molecular weight excluding hydrogens is 254 g/mol. The standard InChI is InChI=1S/C16H25NO3/c1-4-14-7-5-6-8-15(14)20-11-16(19)17-10-12(2)9-13(3)18/h5-8,12-13,18H,4,9-11H2,1-3H3,(H,17,19). The summed E-state index contributed by atoms with van der Waals surface area (Å²) < 4.78 is 5.54. The molecule has 0 bridgehead atoms. The third kappa shape index (κ3) is 6.06. The Kier molecular flexibility index (Phi) is 7.09. The van der Waals surface area contributed by atoms with Gasteiger partial charge in [0.05, 0.1) is 6.10 Å². The van der Waals surface area contributed by atoms with Gasteiger partial charge in [-0.25, -0.2) is 0 Å². The predicted octanol–water partition coefficient (Wildman–Crippen LogP) is 2.15. The number of para-hydroxylation sites is 1. The van der Waals surface area contributed by atoms with Gasteiger partial charge in [-0.1, -0.05) is 32.0 Å². The highest BCUT2D eigenvalue weighted by molar-refractivity contribution is 5.77. The number of rotatable bonds is 8. The van der Waals surface area contributed by atoms with Crippen molar-refractivity contribution in [1.29, 1.82) is 0 Å². The first-order valence-electron chi connectivity index (χ1n) is 7.18. The monoisotopic (exact) mass is 279 g/mol. The van der Waals surface area contributed by atoms with Crippen LogP contribution in [-0.2, 0) is 11.2 Å². The fraction of sp³-hybridized carbons (Fsp3) is 0.562. The number of benzene rings is 1. The van der Waals surface area contributed by atoms with Gasteiger partial charge >= 0.3 is 0 Å². The quantitative estimate of drug-likeness (QED) is 0.766. The average Bonchev–Trinajstić information content (AvgIpc) is 2.42. The number of hydrogen-bond acceptors (Lipinski definition) is 3. The van der Waals surface area contributed by atoms with Crippen molar-refractivity contribution < 1.29 is 14.6 Å². The second-order valence-electron chi connectivity index (χ2n) is 5.24. The van der Waals surface area contributed by atoms with Crippen LogP contribution in [0.15, 0.2) is 24.3 Å². The number of carbonyl (C=O) groups excluding carboxylic acids is 1. The first-order chi connectivity index (χ1) is 9.52. The van der Waals surface area contributed by atoms with Crippen LogP contribution in [0.25, 0.3) is 0 Å². The van der Waals surface area contributed by atoms with Gasteiger partial charge in [0.15, 0.2) is 6.61 Å². The molecule has 2 unspecified atom stereocenters. The maximum absolute atomic E-state index is 11.7. The average molecular weight is 279 g/mol. The van der Waals surface area contributed by atoms with E-state index in [2.05, 4.69) is 12.2 Å². The molecule has 4 nitrogen and oxygen atoms in total. The molecular formula is C16H25NO3. The van der Waals surface area contributed by atoms with E-state index in [1.165, 1.54) is 0 Å². The van der Waals surface area contributed by atoms with Crippen LogP contribution in [0.1, 0.15) is 32.8 Å². The van der Waals surface area contributed by atoms with Crippen LogP contribution < -0.4 is 10.1 Å². The molecule has 1 aromatic rings. The minimum atomic E-state index is -0.338. The Balaban J connectivity index is 2.33. The fourth-order valence-electron chi connectivity index (χ4n) is 2.08. The molecule has 1 rings (SSSR count). The van der Waals surface area contributed by atoms with Gasteiger partial charge in [-0.15, -0.1) is 0 Å². The van der Waals surface area contributed by atoms with Crippen molar-refractivity contribution in [2.45, 2.75) is 39.7 Å². The zero-order valence-corrected chi connectivity index (χ0v) is 12.6. The van der Waals surface area contributed by atoms with Gasteiger partial charge < -0.3 is 15.2 Å². The van der Waals surface area contributed by atoms with Gasteiger partial charge in [0, 0.05) is 6.54 Å². The van der Waals surface area contributed by atoms with Crippen molar-refractivity contribution in [2.75, 3.05) is 13.2 Å². The Labute approximate surface area is 121 Å². The fourth-order valence-corrected chi connectivity index (χ4v) is 2.08. The van der Waals surface area contributed by atoms with Crippen molar-refractivity contribution >= 4 is 5.91 Å². The number of ether oxygens (including phenoxy) is 1. The van der Waals surface area contributed by atoms with E-state index in [0.717, 1.165) is 17.7 Å². The minimum absolute atomic E-state index is 0.0262. The number of aryl methyl sites for hydroxylation is 1. The lowest BCUT2D eigenvalue weighted by Gasteiger charge is -2.15. The van der Waals surface area contributed by atoms with Crippen molar-refractivity contribution in [3.8, 4) is 5.75 Å². The van der Waals surface area contributed by atoms with Crippen LogP contribution in [-0.4, -0.2) is 30.3 Å². The molecule has 1 amide bonds. The van der Waals surface area contributed by atoms with Crippen LogP contribution >= 0.6 is 0 Å². The lowest BCUT2D eigenvalue weighted by molar-refractivity contribution is -0.123. The number of aliphatic hydroxyl groups is 1. The van der Waals surface area contributed by atoms with Gasteiger partial charge in [-0.3, -0.25) is 4.79 Å². The molecule has 112 valence electrons. The Morgan fingerprint density at radius 2 is 2.05 bits per heavy atom. The Bertz CT molecular complexity index is 418. The number of amides is 1. The smallest absolute Gasteiger partial charge is 0.257 e. The number of nitrogens with one attached hydrogen (secondary N) is 1. The predicted molar refractivity (Wildman–Crippen MR) is 79.8 cm³/mol. The van der Waals surface area contributed by atoms with E-state index in [1.807, 2.05) is 31.2 Å². The van der Waals surface area contributed by atoms with Crippen LogP contribution in [0, 0.1) is 5.92 Å². The van der Waals surface area contributed by atoms with Gasteiger partial charge in [-0.05, 0) is 37.3 Å². The summed E-state index contributed by atoms with van der Waals surface area (Å²) in [4.78, 5) is 11.7. The topological polar surface area (TPSA) is 58.6 Å². The van der Waals surface area contributed by atoms with Crippen LogP contribution in [0.3, 0.4) is 0 Å². The molecule has 0 aliphatic carbocycles. The zero-order valence-electron chi connectivity index (χ0n) is 12.6. The third-order valence-corrected chi connectivity index (χ3v) is 3.10. The molecule has 0 saturated carbocycles. The Hall–Kier alpha value is -1.55. The number of aliphatic hydroxyl groups excluding tert-OH is 1. The van der Waals surface area contributed by atoms with E-state index in [9.17, 15) is 9.90 Å². The molecule has 0 aromatic heterocycles. The molecule has 0 spiro atoms. The summed E-state index contributed by atoms with van der Waals surface area (Å²) in [5, 5.41) is 12.1.